The molecule has 24 heavy (non-hydrogen) atoms. The molecule has 0 amide bonds. The average Bonchev–Trinajstić information content (AvgIpc) is 3.22. The fourth-order valence-corrected chi connectivity index (χ4v) is 3.94. The van der Waals surface area contributed by atoms with Gasteiger partial charge < -0.3 is 4.57 Å². The summed E-state index contributed by atoms with van der Waals surface area (Å²) in [6.45, 7) is 2.27. The molecule has 120 valence electrons. The van der Waals surface area contributed by atoms with E-state index in [-0.39, 0.29) is 0 Å². The summed E-state index contributed by atoms with van der Waals surface area (Å²) in [5.41, 5.74) is 6.54. The van der Waals surface area contributed by atoms with Crippen LogP contribution in [0.4, 0.5) is 0 Å². The molecule has 4 heterocycles. The van der Waals surface area contributed by atoms with E-state index < -0.39 is 0 Å². The lowest BCUT2D eigenvalue weighted by Crippen LogP contribution is -2.13. The van der Waals surface area contributed by atoms with Crippen molar-refractivity contribution in [3.8, 4) is 11.3 Å². The second-order valence-electron chi connectivity index (χ2n) is 6.62. The predicted octanol–water partition coefficient (Wildman–Crippen LogP) is 3.12. The van der Waals surface area contributed by atoms with Crippen LogP contribution >= 0.6 is 0 Å². The molecule has 0 N–H and O–H groups in total. The molecule has 1 aliphatic rings. The quantitative estimate of drug-likeness (QED) is 0.541. The number of hydrogen-bond acceptors (Lipinski definition) is 4. The Balaban J connectivity index is 2.02. The van der Waals surface area contributed by atoms with Gasteiger partial charge in [0, 0.05) is 30.2 Å². The monoisotopic (exact) mass is 318 g/mol. The molecule has 1 atom stereocenters. The van der Waals surface area contributed by atoms with E-state index in [0.29, 0.717) is 5.92 Å². The lowest BCUT2D eigenvalue weighted by atomic mass is 9.83. The Kier molecular flexibility index (Phi) is 2.77. The number of nitrogens with zero attached hydrogens (tertiary/aromatic N) is 6. The van der Waals surface area contributed by atoms with Gasteiger partial charge in [0.15, 0.2) is 11.3 Å². The van der Waals surface area contributed by atoms with Crippen molar-refractivity contribution in [1.82, 2.24) is 29.1 Å². The molecule has 0 aliphatic heterocycles. The normalized spacial score (nSPS) is 17.5. The fourth-order valence-electron chi connectivity index (χ4n) is 3.94. The summed E-state index contributed by atoms with van der Waals surface area (Å²) in [6.07, 6.45) is 8.79. The Morgan fingerprint density at radius 1 is 1.25 bits per heavy atom. The van der Waals surface area contributed by atoms with Gasteiger partial charge in [0.2, 0.25) is 0 Å². The van der Waals surface area contributed by atoms with Crippen LogP contribution in [-0.4, -0.2) is 29.1 Å². The van der Waals surface area contributed by atoms with Crippen molar-refractivity contribution in [1.29, 1.82) is 0 Å². The number of aryl methyl sites for hydroxylation is 1. The third-order valence-electron chi connectivity index (χ3n) is 5.13. The summed E-state index contributed by atoms with van der Waals surface area (Å²) in [4.78, 5) is 14.0. The van der Waals surface area contributed by atoms with Gasteiger partial charge in [-0.05, 0) is 42.9 Å². The minimum absolute atomic E-state index is 0.466. The Bertz CT molecular complexity index is 1070. The molecule has 0 aromatic carbocycles. The highest BCUT2D eigenvalue weighted by molar-refractivity contribution is 6.02. The van der Waals surface area contributed by atoms with Crippen molar-refractivity contribution in [2.45, 2.75) is 32.1 Å². The second-order valence-corrected chi connectivity index (χ2v) is 6.62. The first-order chi connectivity index (χ1) is 11.7. The van der Waals surface area contributed by atoms with Crippen LogP contribution in [0.25, 0.3) is 27.9 Å². The maximum Gasteiger partial charge on any atom is 0.168 e. The first-order valence-corrected chi connectivity index (χ1v) is 8.36. The molecule has 6 heteroatoms. The first kappa shape index (κ1) is 13.7. The molecule has 0 fully saturated rings. The van der Waals surface area contributed by atoms with Crippen LogP contribution in [0.15, 0.2) is 31.0 Å². The number of fused-ring (bicyclic) bond motifs is 4. The molecule has 5 rings (SSSR count). The van der Waals surface area contributed by atoms with E-state index >= 15 is 0 Å². The summed E-state index contributed by atoms with van der Waals surface area (Å²) >= 11 is 0. The van der Waals surface area contributed by atoms with E-state index in [2.05, 4.69) is 51.9 Å². The van der Waals surface area contributed by atoms with Gasteiger partial charge in [0.05, 0.1) is 5.39 Å². The molecule has 6 nitrogen and oxygen atoms in total. The van der Waals surface area contributed by atoms with Crippen molar-refractivity contribution in [3.05, 3.63) is 42.2 Å². The molecular weight excluding hydrogens is 300 g/mol. The van der Waals surface area contributed by atoms with Gasteiger partial charge >= 0.3 is 0 Å². The topological polar surface area (TPSA) is 60.9 Å². The Morgan fingerprint density at radius 2 is 2.17 bits per heavy atom. The van der Waals surface area contributed by atoms with Gasteiger partial charge in [0.1, 0.15) is 12.7 Å². The fraction of sp³-hybridized carbons (Fsp3) is 0.333. The summed E-state index contributed by atoms with van der Waals surface area (Å²) in [7, 11) is 2.08. The third-order valence-corrected chi connectivity index (χ3v) is 5.13. The highest BCUT2D eigenvalue weighted by Gasteiger charge is 2.26. The smallest absolute Gasteiger partial charge is 0.168 e. The number of aromatic nitrogens is 6. The summed E-state index contributed by atoms with van der Waals surface area (Å²) in [5.74, 6) is 0.466. The summed E-state index contributed by atoms with van der Waals surface area (Å²) < 4.78 is 3.89. The molecule has 1 aliphatic carbocycles. The largest absolute Gasteiger partial charge is 0.351 e. The Morgan fingerprint density at radius 3 is 3.00 bits per heavy atom. The lowest BCUT2D eigenvalue weighted by Gasteiger charge is -2.25. The third kappa shape index (κ3) is 1.76. The van der Waals surface area contributed by atoms with Gasteiger partial charge in [-0.15, -0.1) is 0 Å². The number of rotatable bonds is 1. The Hall–Kier alpha value is -2.76. The van der Waals surface area contributed by atoms with E-state index in [9.17, 15) is 0 Å². The van der Waals surface area contributed by atoms with Gasteiger partial charge in [-0.3, -0.25) is 0 Å². The van der Waals surface area contributed by atoms with E-state index in [1.807, 2.05) is 0 Å². The summed E-state index contributed by atoms with van der Waals surface area (Å²) in [5, 5.41) is 5.25. The molecule has 0 spiro atoms. The molecule has 0 bridgehead atoms. The highest BCUT2D eigenvalue weighted by Crippen LogP contribution is 2.40. The second kappa shape index (κ2) is 4.87. The zero-order valence-electron chi connectivity index (χ0n) is 13.8. The van der Waals surface area contributed by atoms with Crippen LogP contribution in [0.5, 0.6) is 0 Å². The molecule has 0 saturated heterocycles. The summed E-state index contributed by atoms with van der Waals surface area (Å²) in [6, 6.07) is 4.24. The van der Waals surface area contributed by atoms with Crippen molar-refractivity contribution >= 4 is 16.7 Å². The molecule has 0 radical (unpaired) electrons. The standard InChI is InChI=1S/C18H18N6/c1-11-5-3-6-12-14(13-7-4-8-23(13)2)15-17(22-16(11)12)20-10-24-18(15)19-9-21-24/h4,7-11H,3,5-6H2,1-2H3. The zero-order chi connectivity index (χ0) is 16.3. The SMILES string of the molecule is CC1CCCc2c1nc1ncn3ncnc3c1c2-c1cccn1C. The number of hydrogen-bond donors (Lipinski definition) is 0. The van der Waals surface area contributed by atoms with E-state index in [4.69, 9.17) is 4.98 Å². The van der Waals surface area contributed by atoms with Gasteiger partial charge in [-0.2, -0.15) is 5.10 Å². The van der Waals surface area contributed by atoms with E-state index in [0.717, 1.165) is 23.1 Å². The van der Waals surface area contributed by atoms with Crippen LogP contribution in [0, 0.1) is 0 Å². The lowest BCUT2D eigenvalue weighted by molar-refractivity contribution is 0.576. The minimum Gasteiger partial charge on any atom is -0.351 e. The Labute approximate surface area is 139 Å². The number of pyridine rings is 1. The average molecular weight is 318 g/mol. The van der Waals surface area contributed by atoms with Crippen LogP contribution in [0.2, 0.25) is 0 Å². The van der Waals surface area contributed by atoms with Gasteiger partial charge in [0.25, 0.3) is 0 Å². The highest BCUT2D eigenvalue weighted by atomic mass is 15.3. The van der Waals surface area contributed by atoms with E-state index in [1.54, 1.807) is 17.2 Å². The first-order valence-electron chi connectivity index (χ1n) is 8.36. The van der Waals surface area contributed by atoms with Crippen LogP contribution in [0.3, 0.4) is 0 Å². The maximum atomic E-state index is 4.93. The van der Waals surface area contributed by atoms with Crippen molar-refractivity contribution in [2.24, 2.45) is 7.05 Å². The molecular formula is C18H18N6. The van der Waals surface area contributed by atoms with Gasteiger partial charge in [-0.25, -0.2) is 19.5 Å². The van der Waals surface area contributed by atoms with Crippen LogP contribution < -0.4 is 0 Å². The van der Waals surface area contributed by atoms with Crippen LogP contribution in [0.1, 0.15) is 36.9 Å². The minimum atomic E-state index is 0.466. The maximum absolute atomic E-state index is 4.93. The zero-order valence-corrected chi connectivity index (χ0v) is 13.8. The van der Waals surface area contributed by atoms with E-state index in [1.165, 1.54) is 35.4 Å². The molecule has 0 saturated carbocycles. The van der Waals surface area contributed by atoms with Crippen LogP contribution in [-0.2, 0) is 13.5 Å². The van der Waals surface area contributed by atoms with Crippen molar-refractivity contribution in [3.63, 3.8) is 0 Å². The predicted molar refractivity (Wildman–Crippen MR) is 91.8 cm³/mol. The molecule has 1 unspecified atom stereocenters. The molecule has 4 aromatic heterocycles. The molecule has 4 aromatic rings. The van der Waals surface area contributed by atoms with Crippen molar-refractivity contribution < 1.29 is 0 Å². The van der Waals surface area contributed by atoms with Crippen molar-refractivity contribution in [2.75, 3.05) is 0 Å². The van der Waals surface area contributed by atoms with Gasteiger partial charge in [-0.1, -0.05) is 6.92 Å².